The second kappa shape index (κ2) is 1.46. The van der Waals surface area contributed by atoms with Crippen LogP contribution in [-0.4, -0.2) is 12.3 Å². The van der Waals surface area contributed by atoms with E-state index in [1.807, 2.05) is 0 Å². The van der Waals surface area contributed by atoms with Gasteiger partial charge in [-0.15, -0.1) is 9.24 Å². The molecule has 8 heavy (non-hydrogen) atoms. The molecule has 1 aliphatic heterocycles. The van der Waals surface area contributed by atoms with Gasteiger partial charge in [0.05, 0.1) is 0 Å². The van der Waals surface area contributed by atoms with Gasteiger partial charge < -0.3 is 5.32 Å². The second-order valence-electron chi connectivity index (χ2n) is 3.19. The van der Waals surface area contributed by atoms with E-state index in [4.69, 9.17) is 0 Å². The molecule has 1 spiro atoms. The molecule has 2 fully saturated rings. The minimum Gasteiger partial charge on any atom is -0.310 e. The van der Waals surface area contributed by atoms with Gasteiger partial charge in [0.15, 0.2) is 0 Å². The molecular formula is C6H12NP. The first-order valence-electron chi connectivity index (χ1n) is 3.30. The predicted octanol–water partition coefficient (Wildman–Crippen LogP) is 0.961. The first-order valence-corrected chi connectivity index (χ1v) is 3.96. The van der Waals surface area contributed by atoms with Gasteiger partial charge in [0, 0.05) is 12.3 Å². The SMILES string of the molecule is PC1CC2(CC2)CN1. The fourth-order valence-corrected chi connectivity index (χ4v) is 2.13. The highest BCUT2D eigenvalue weighted by Gasteiger charge is 2.46. The van der Waals surface area contributed by atoms with Crippen LogP contribution in [0, 0.1) is 5.41 Å². The molecule has 0 radical (unpaired) electrons. The molecule has 2 aliphatic rings. The Bertz CT molecular complexity index is 109. The number of nitrogens with one attached hydrogen (secondary N) is 1. The summed E-state index contributed by atoms with van der Waals surface area (Å²) in [6, 6.07) is 0. The Morgan fingerprint density at radius 3 is 2.50 bits per heavy atom. The molecule has 0 aromatic rings. The molecule has 1 saturated heterocycles. The van der Waals surface area contributed by atoms with Gasteiger partial charge in [-0.25, -0.2) is 0 Å². The predicted molar refractivity (Wildman–Crippen MR) is 37.8 cm³/mol. The molecule has 0 aromatic carbocycles. The third-order valence-corrected chi connectivity index (χ3v) is 2.82. The first kappa shape index (κ1) is 5.20. The largest absolute Gasteiger partial charge is 0.310 e. The summed E-state index contributed by atoms with van der Waals surface area (Å²) < 4.78 is 0. The summed E-state index contributed by atoms with van der Waals surface area (Å²) in [6.07, 6.45) is 4.35. The Balaban J connectivity index is 2.03. The van der Waals surface area contributed by atoms with E-state index in [0.29, 0.717) is 0 Å². The van der Waals surface area contributed by atoms with Crippen LogP contribution < -0.4 is 5.32 Å². The monoisotopic (exact) mass is 129 g/mol. The molecule has 1 N–H and O–H groups in total. The van der Waals surface area contributed by atoms with Crippen molar-refractivity contribution < 1.29 is 0 Å². The maximum Gasteiger partial charge on any atom is 0.0217 e. The van der Waals surface area contributed by atoms with Crippen molar-refractivity contribution in [2.75, 3.05) is 6.54 Å². The molecule has 46 valence electrons. The molecule has 1 heterocycles. The van der Waals surface area contributed by atoms with Crippen molar-refractivity contribution in [3.05, 3.63) is 0 Å². The normalized spacial score (nSPS) is 40.9. The topological polar surface area (TPSA) is 12.0 Å². The Kier molecular flexibility index (Phi) is 0.947. The van der Waals surface area contributed by atoms with Gasteiger partial charge in [0.1, 0.15) is 0 Å². The Morgan fingerprint density at radius 1 is 1.50 bits per heavy atom. The van der Waals surface area contributed by atoms with Crippen molar-refractivity contribution in [3.8, 4) is 0 Å². The summed E-state index contributed by atoms with van der Waals surface area (Å²) in [6.45, 7) is 1.28. The van der Waals surface area contributed by atoms with E-state index in [0.717, 1.165) is 11.2 Å². The fourth-order valence-electron chi connectivity index (χ4n) is 1.52. The van der Waals surface area contributed by atoms with Crippen LogP contribution in [0.15, 0.2) is 0 Å². The standard InChI is InChI=1S/C6H12NP/c8-5-3-6(1-2-6)4-7-5/h5,7H,1-4,8H2. The number of hydrogen-bond acceptors (Lipinski definition) is 1. The maximum absolute atomic E-state index is 3.44. The zero-order chi connectivity index (χ0) is 5.61. The summed E-state index contributed by atoms with van der Waals surface area (Å²) in [5.74, 6) is 0.720. The van der Waals surface area contributed by atoms with Crippen LogP contribution in [0.1, 0.15) is 19.3 Å². The van der Waals surface area contributed by atoms with Gasteiger partial charge in [0.25, 0.3) is 0 Å². The van der Waals surface area contributed by atoms with Crippen molar-refractivity contribution >= 4 is 9.24 Å². The van der Waals surface area contributed by atoms with E-state index in [1.165, 1.54) is 25.8 Å². The van der Waals surface area contributed by atoms with Crippen LogP contribution in [0.25, 0.3) is 0 Å². The molecule has 1 nitrogen and oxygen atoms in total. The smallest absolute Gasteiger partial charge is 0.0217 e. The van der Waals surface area contributed by atoms with Crippen molar-refractivity contribution in [1.29, 1.82) is 0 Å². The zero-order valence-corrected chi connectivity index (χ0v) is 6.14. The van der Waals surface area contributed by atoms with Gasteiger partial charge in [0.2, 0.25) is 0 Å². The molecule has 0 amide bonds. The lowest BCUT2D eigenvalue weighted by Gasteiger charge is -1.98. The van der Waals surface area contributed by atoms with E-state index in [-0.39, 0.29) is 0 Å². The Labute approximate surface area is 52.4 Å². The van der Waals surface area contributed by atoms with Crippen molar-refractivity contribution in [1.82, 2.24) is 5.32 Å². The molecule has 1 saturated carbocycles. The molecule has 0 aromatic heterocycles. The lowest BCUT2D eigenvalue weighted by atomic mass is 10.1. The summed E-state index contributed by atoms with van der Waals surface area (Å²) in [5, 5.41) is 3.44. The van der Waals surface area contributed by atoms with Gasteiger partial charge in [-0.3, -0.25) is 0 Å². The quantitative estimate of drug-likeness (QED) is 0.480. The van der Waals surface area contributed by atoms with Gasteiger partial charge in [-0.05, 0) is 24.7 Å². The van der Waals surface area contributed by atoms with E-state index in [2.05, 4.69) is 14.6 Å². The van der Waals surface area contributed by atoms with Crippen LogP contribution >= 0.6 is 9.24 Å². The maximum atomic E-state index is 3.44. The fraction of sp³-hybridized carbons (Fsp3) is 1.00. The highest BCUT2D eigenvalue weighted by Crippen LogP contribution is 2.52. The van der Waals surface area contributed by atoms with Crippen molar-refractivity contribution in [2.24, 2.45) is 5.41 Å². The van der Waals surface area contributed by atoms with Crippen molar-refractivity contribution in [3.63, 3.8) is 0 Å². The van der Waals surface area contributed by atoms with Gasteiger partial charge >= 0.3 is 0 Å². The van der Waals surface area contributed by atoms with Gasteiger partial charge in [-0.2, -0.15) is 0 Å². The Morgan fingerprint density at radius 2 is 2.25 bits per heavy atom. The highest BCUT2D eigenvalue weighted by atomic mass is 31.0. The zero-order valence-electron chi connectivity index (χ0n) is 4.98. The summed E-state index contributed by atoms with van der Waals surface area (Å²) in [5.41, 5.74) is 0.784. The van der Waals surface area contributed by atoms with Crippen LogP contribution in [-0.2, 0) is 0 Å². The molecule has 2 heteroatoms. The third kappa shape index (κ3) is 0.691. The summed E-state index contributed by atoms with van der Waals surface area (Å²) in [4.78, 5) is 0. The molecule has 2 unspecified atom stereocenters. The summed E-state index contributed by atoms with van der Waals surface area (Å²) >= 11 is 0. The molecule has 2 atom stereocenters. The van der Waals surface area contributed by atoms with E-state index < -0.39 is 0 Å². The molecule has 1 aliphatic carbocycles. The minimum atomic E-state index is 0.720. The summed E-state index contributed by atoms with van der Waals surface area (Å²) in [7, 11) is 2.84. The minimum absolute atomic E-state index is 0.720. The molecule has 0 bridgehead atoms. The van der Waals surface area contributed by atoms with Crippen LogP contribution in [0.4, 0.5) is 0 Å². The first-order chi connectivity index (χ1) is 3.81. The second-order valence-corrected chi connectivity index (χ2v) is 4.00. The van der Waals surface area contributed by atoms with Crippen LogP contribution in [0.2, 0.25) is 0 Å². The van der Waals surface area contributed by atoms with E-state index in [9.17, 15) is 0 Å². The number of rotatable bonds is 0. The number of hydrogen-bond donors (Lipinski definition) is 1. The molecular weight excluding hydrogens is 117 g/mol. The average molecular weight is 129 g/mol. The lowest BCUT2D eigenvalue weighted by Crippen LogP contribution is -2.14. The molecule has 2 rings (SSSR count). The van der Waals surface area contributed by atoms with Crippen LogP contribution in [0.5, 0.6) is 0 Å². The van der Waals surface area contributed by atoms with E-state index in [1.54, 1.807) is 0 Å². The lowest BCUT2D eigenvalue weighted by molar-refractivity contribution is 0.571. The van der Waals surface area contributed by atoms with Gasteiger partial charge in [-0.1, -0.05) is 0 Å². The third-order valence-electron chi connectivity index (χ3n) is 2.35. The highest BCUT2D eigenvalue weighted by molar-refractivity contribution is 7.17. The van der Waals surface area contributed by atoms with Crippen LogP contribution in [0.3, 0.4) is 0 Å². The van der Waals surface area contributed by atoms with Crippen molar-refractivity contribution in [2.45, 2.75) is 25.0 Å². The average Bonchev–Trinajstić information content (AvgIpc) is 2.34. The van der Waals surface area contributed by atoms with E-state index >= 15 is 0 Å². The Hall–Kier alpha value is 0.390.